The maximum atomic E-state index is 12.9. The largest absolute Gasteiger partial charge is 0.325 e. The van der Waals surface area contributed by atoms with Crippen molar-refractivity contribution in [1.29, 1.82) is 5.26 Å². The van der Waals surface area contributed by atoms with Gasteiger partial charge in [-0.15, -0.1) is 0 Å². The van der Waals surface area contributed by atoms with E-state index in [4.69, 9.17) is 16.6 Å². The maximum Gasteiger partial charge on any atom is 0.234 e. The molecule has 6 heteroatoms. The summed E-state index contributed by atoms with van der Waals surface area (Å²) in [7, 11) is 0. The van der Waals surface area contributed by atoms with Crippen molar-refractivity contribution >= 4 is 35.0 Å². The van der Waals surface area contributed by atoms with Crippen molar-refractivity contribution in [2.75, 3.05) is 11.1 Å². The van der Waals surface area contributed by atoms with E-state index in [9.17, 15) is 10.1 Å². The highest BCUT2D eigenvalue weighted by Crippen LogP contribution is 2.37. The Labute approximate surface area is 221 Å². The van der Waals surface area contributed by atoms with Crippen molar-refractivity contribution in [3.63, 3.8) is 0 Å². The summed E-state index contributed by atoms with van der Waals surface area (Å²) in [5.74, 6) is -0.0203. The van der Waals surface area contributed by atoms with Gasteiger partial charge in [-0.05, 0) is 43.5 Å². The first-order valence-corrected chi connectivity index (χ1v) is 13.1. The van der Waals surface area contributed by atoms with E-state index in [1.54, 1.807) is 6.07 Å². The number of hydrogen-bond acceptors (Lipinski definition) is 4. The topological polar surface area (TPSA) is 65.8 Å². The molecule has 3 aromatic carbocycles. The lowest BCUT2D eigenvalue weighted by Gasteiger charge is -2.15. The first-order valence-electron chi connectivity index (χ1n) is 11.7. The molecular formula is C30H26ClN3OS. The van der Waals surface area contributed by atoms with E-state index >= 15 is 0 Å². The summed E-state index contributed by atoms with van der Waals surface area (Å²) in [5, 5.41) is 14.2. The molecule has 1 heterocycles. The molecule has 0 radical (unpaired) electrons. The summed E-state index contributed by atoms with van der Waals surface area (Å²) in [6, 6.07) is 25.7. The summed E-state index contributed by atoms with van der Waals surface area (Å²) in [5.41, 5.74) is 7.61. The molecule has 0 saturated heterocycles. The SMILES string of the molecule is CCc1cccc(C)c1NC(=O)CSc1nc(-c2ccc(C)cc2)cc(-c2ccccc2Cl)c1C#N. The second kappa shape index (κ2) is 11.4. The molecule has 180 valence electrons. The van der Waals surface area contributed by atoms with Crippen LogP contribution in [0.3, 0.4) is 0 Å². The predicted molar refractivity (Wildman–Crippen MR) is 149 cm³/mol. The minimum atomic E-state index is -0.144. The number of carbonyl (C=O) groups is 1. The number of halogens is 1. The van der Waals surface area contributed by atoms with E-state index in [1.807, 2.05) is 80.6 Å². The molecule has 0 fully saturated rings. The first-order chi connectivity index (χ1) is 17.4. The lowest BCUT2D eigenvalue weighted by Crippen LogP contribution is -2.16. The van der Waals surface area contributed by atoms with Crippen LogP contribution >= 0.6 is 23.4 Å². The summed E-state index contributed by atoms with van der Waals surface area (Å²) < 4.78 is 0. The molecule has 0 bridgehead atoms. The molecule has 0 atom stereocenters. The van der Waals surface area contributed by atoms with E-state index in [-0.39, 0.29) is 11.7 Å². The minimum absolute atomic E-state index is 0.123. The van der Waals surface area contributed by atoms with E-state index in [0.717, 1.165) is 45.6 Å². The number of anilines is 1. The Kier molecular flexibility index (Phi) is 8.10. The van der Waals surface area contributed by atoms with Crippen LogP contribution in [0.4, 0.5) is 5.69 Å². The fraction of sp³-hybridized carbons (Fsp3) is 0.167. The number of rotatable bonds is 7. The molecule has 0 spiro atoms. The molecule has 0 aliphatic heterocycles. The average Bonchev–Trinajstić information content (AvgIpc) is 2.88. The van der Waals surface area contributed by atoms with E-state index < -0.39 is 0 Å². The Hall–Kier alpha value is -3.59. The van der Waals surface area contributed by atoms with Crippen molar-refractivity contribution in [1.82, 2.24) is 4.98 Å². The number of nitrogens with zero attached hydrogens (tertiary/aromatic N) is 2. The van der Waals surface area contributed by atoms with Crippen LogP contribution in [0.2, 0.25) is 5.02 Å². The summed E-state index contributed by atoms with van der Waals surface area (Å²) in [4.78, 5) is 17.8. The molecule has 0 unspecified atom stereocenters. The number of benzene rings is 3. The molecule has 0 aliphatic carbocycles. The number of nitriles is 1. The summed E-state index contributed by atoms with van der Waals surface area (Å²) in [6.45, 7) is 6.08. The Bertz CT molecular complexity index is 1460. The van der Waals surface area contributed by atoms with E-state index in [1.165, 1.54) is 11.8 Å². The number of amides is 1. The highest BCUT2D eigenvalue weighted by Gasteiger charge is 2.19. The van der Waals surface area contributed by atoms with Crippen LogP contribution in [-0.4, -0.2) is 16.6 Å². The van der Waals surface area contributed by atoms with Gasteiger partial charge in [-0.2, -0.15) is 5.26 Å². The molecule has 0 aliphatic rings. The fourth-order valence-corrected chi connectivity index (χ4v) is 5.05. The lowest BCUT2D eigenvalue weighted by atomic mass is 9.99. The van der Waals surface area contributed by atoms with Crippen LogP contribution in [0.25, 0.3) is 22.4 Å². The average molecular weight is 512 g/mol. The monoisotopic (exact) mass is 511 g/mol. The van der Waals surface area contributed by atoms with Gasteiger partial charge in [-0.1, -0.05) is 96.5 Å². The van der Waals surface area contributed by atoms with Crippen molar-refractivity contribution in [2.24, 2.45) is 0 Å². The highest BCUT2D eigenvalue weighted by atomic mass is 35.5. The molecule has 1 aromatic heterocycles. The number of carbonyl (C=O) groups excluding carboxylic acids is 1. The molecule has 4 rings (SSSR count). The molecule has 1 amide bonds. The van der Waals surface area contributed by atoms with Crippen molar-refractivity contribution in [3.05, 3.63) is 100 Å². The molecule has 4 nitrogen and oxygen atoms in total. The van der Waals surface area contributed by atoms with Gasteiger partial charge in [0, 0.05) is 27.4 Å². The number of pyridine rings is 1. The van der Waals surface area contributed by atoms with E-state index in [2.05, 4.69) is 18.3 Å². The number of thioether (sulfide) groups is 1. The standard InChI is InChI=1S/C30H26ClN3OS/c1-4-21-9-7-8-20(3)29(21)34-28(35)18-36-30-25(17-32)24(23-10-5-6-11-26(23)31)16-27(33-30)22-14-12-19(2)13-15-22/h5-16H,4,18H2,1-3H3,(H,34,35). The van der Waals surface area contributed by atoms with E-state index in [0.29, 0.717) is 21.2 Å². The first kappa shape index (κ1) is 25.5. The predicted octanol–water partition coefficient (Wildman–Crippen LogP) is 7.85. The van der Waals surface area contributed by atoms with Gasteiger partial charge in [0.05, 0.1) is 17.0 Å². The molecule has 36 heavy (non-hydrogen) atoms. The van der Waals surface area contributed by atoms with Gasteiger partial charge in [0.15, 0.2) is 0 Å². The molecule has 0 saturated carbocycles. The normalized spacial score (nSPS) is 10.6. The zero-order valence-electron chi connectivity index (χ0n) is 20.4. The van der Waals surface area contributed by atoms with Crippen LogP contribution in [-0.2, 0) is 11.2 Å². The Morgan fingerprint density at radius 2 is 1.78 bits per heavy atom. The van der Waals surface area contributed by atoms with Crippen LogP contribution < -0.4 is 5.32 Å². The third kappa shape index (κ3) is 5.62. The second-order valence-corrected chi connectivity index (χ2v) is 9.86. The van der Waals surface area contributed by atoms with Crippen LogP contribution in [0.15, 0.2) is 77.8 Å². The van der Waals surface area contributed by atoms with Crippen molar-refractivity contribution in [2.45, 2.75) is 32.2 Å². The number of aryl methyl sites for hydroxylation is 3. The van der Waals surface area contributed by atoms with Gasteiger partial charge >= 0.3 is 0 Å². The van der Waals surface area contributed by atoms with Crippen molar-refractivity contribution in [3.8, 4) is 28.5 Å². The van der Waals surface area contributed by atoms with Crippen LogP contribution in [0, 0.1) is 25.2 Å². The van der Waals surface area contributed by atoms with Gasteiger partial charge in [-0.3, -0.25) is 4.79 Å². The summed E-state index contributed by atoms with van der Waals surface area (Å²) >= 11 is 7.78. The maximum absolute atomic E-state index is 12.9. The highest BCUT2D eigenvalue weighted by molar-refractivity contribution is 8.00. The molecule has 4 aromatic rings. The van der Waals surface area contributed by atoms with Gasteiger partial charge in [-0.25, -0.2) is 4.98 Å². The Morgan fingerprint density at radius 1 is 1.03 bits per heavy atom. The molecular weight excluding hydrogens is 486 g/mol. The van der Waals surface area contributed by atoms with Crippen LogP contribution in [0.1, 0.15) is 29.2 Å². The zero-order chi connectivity index (χ0) is 25.7. The van der Waals surface area contributed by atoms with Gasteiger partial charge in [0.1, 0.15) is 11.1 Å². The Balaban J connectivity index is 1.71. The summed E-state index contributed by atoms with van der Waals surface area (Å²) in [6.07, 6.45) is 0.824. The zero-order valence-corrected chi connectivity index (χ0v) is 22.0. The quantitative estimate of drug-likeness (QED) is 0.256. The number of nitrogens with one attached hydrogen (secondary N) is 1. The third-order valence-corrected chi connectivity index (χ3v) is 7.26. The van der Waals surface area contributed by atoms with Crippen molar-refractivity contribution < 1.29 is 4.79 Å². The fourth-order valence-electron chi connectivity index (χ4n) is 4.01. The smallest absolute Gasteiger partial charge is 0.234 e. The third-order valence-electron chi connectivity index (χ3n) is 5.95. The number of hydrogen-bond donors (Lipinski definition) is 1. The minimum Gasteiger partial charge on any atom is -0.325 e. The number of para-hydroxylation sites is 1. The molecule has 1 N–H and O–H groups in total. The second-order valence-electron chi connectivity index (χ2n) is 8.49. The van der Waals surface area contributed by atoms with Crippen LogP contribution in [0.5, 0.6) is 0 Å². The Morgan fingerprint density at radius 3 is 2.47 bits per heavy atom. The number of aromatic nitrogens is 1. The van der Waals surface area contributed by atoms with Gasteiger partial charge < -0.3 is 5.32 Å². The lowest BCUT2D eigenvalue weighted by molar-refractivity contribution is -0.113. The van der Waals surface area contributed by atoms with Gasteiger partial charge in [0.25, 0.3) is 0 Å². The van der Waals surface area contributed by atoms with Gasteiger partial charge in [0.2, 0.25) is 5.91 Å².